The van der Waals surface area contributed by atoms with Gasteiger partial charge in [-0.05, 0) is 31.7 Å². The molecule has 0 saturated heterocycles. The van der Waals surface area contributed by atoms with Gasteiger partial charge in [0.1, 0.15) is 0 Å². The molecule has 1 unspecified atom stereocenters. The first-order chi connectivity index (χ1) is 9.54. The molecule has 0 amide bonds. The van der Waals surface area contributed by atoms with Gasteiger partial charge in [0.05, 0.1) is 22.9 Å². The van der Waals surface area contributed by atoms with Crippen LogP contribution >= 0.6 is 0 Å². The number of benzene rings is 1. The van der Waals surface area contributed by atoms with E-state index in [0.29, 0.717) is 24.3 Å². The Morgan fingerprint density at radius 1 is 1.55 bits per heavy atom. The molecular weight excluding hydrogens is 258 g/mol. The zero-order valence-electron chi connectivity index (χ0n) is 11.9. The predicted molar refractivity (Wildman–Crippen MR) is 78.9 cm³/mol. The number of nitro groups is 1. The average Bonchev–Trinajstić information content (AvgIpc) is 3.24. The molecule has 1 aliphatic rings. The van der Waals surface area contributed by atoms with Crippen molar-refractivity contribution in [3.05, 3.63) is 28.3 Å². The minimum absolute atomic E-state index is 0.0250. The van der Waals surface area contributed by atoms with Crippen molar-refractivity contribution < 1.29 is 9.66 Å². The largest absolute Gasteiger partial charge is 0.397 e. The topological polar surface area (TPSA) is 81.6 Å². The summed E-state index contributed by atoms with van der Waals surface area (Å²) in [4.78, 5) is 12.5. The lowest BCUT2D eigenvalue weighted by Crippen LogP contribution is -2.37. The third-order valence-electron chi connectivity index (χ3n) is 3.86. The van der Waals surface area contributed by atoms with Gasteiger partial charge in [-0.25, -0.2) is 0 Å². The molecule has 2 rings (SSSR count). The first kappa shape index (κ1) is 14.6. The van der Waals surface area contributed by atoms with Crippen LogP contribution in [0.5, 0.6) is 0 Å². The van der Waals surface area contributed by atoms with Crippen LogP contribution in [0.4, 0.5) is 17.1 Å². The molecule has 0 radical (unpaired) electrons. The molecule has 1 aromatic rings. The van der Waals surface area contributed by atoms with Gasteiger partial charge in [-0.1, -0.05) is 0 Å². The number of nitrogens with two attached hydrogens (primary N) is 1. The monoisotopic (exact) mass is 279 g/mol. The van der Waals surface area contributed by atoms with E-state index < -0.39 is 4.92 Å². The summed E-state index contributed by atoms with van der Waals surface area (Å²) in [7, 11) is 1.67. The smallest absolute Gasteiger partial charge is 0.271 e. The highest BCUT2D eigenvalue weighted by Gasteiger charge is 2.32. The normalized spacial score (nSPS) is 15.9. The lowest BCUT2D eigenvalue weighted by molar-refractivity contribution is -0.384. The second kappa shape index (κ2) is 6.09. The van der Waals surface area contributed by atoms with Crippen LogP contribution in [0.2, 0.25) is 0 Å². The molecule has 20 heavy (non-hydrogen) atoms. The summed E-state index contributed by atoms with van der Waals surface area (Å²) in [5, 5.41) is 10.8. The van der Waals surface area contributed by atoms with Gasteiger partial charge in [-0.3, -0.25) is 10.1 Å². The van der Waals surface area contributed by atoms with E-state index in [1.165, 1.54) is 25.0 Å². The Kier molecular flexibility index (Phi) is 4.44. The van der Waals surface area contributed by atoms with Crippen LogP contribution in [0.3, 0.4) is 0 Å². The predicted octanol–water partition coefficient (Wildman–Crippen LogP) is 2.43. The van der Waals surface area contributed by atoms with E-state index >= 15 is 0 Å². The van der Waals surface area contributed by atoms with Crippen LogP contribution in [0.1, 0.15) is 19.8 Å². The number of nitro benzene ring substituents is 1. The van der Waals surface area contributed by atoms with Gasteiger partial charge in [-0.2, -0.15) is 0 Å². The standard InChI is InChI=1S/C14H21N3O3/c1-10(11-3-4-11)16(7-8-20-2)14-6-5-12(17(18)19)9-13(14)15/h5-6,9-11H,3-4,7-8,15H2,1-2H3. The SMILES string of the molecule is COCCN(c1ccc([N+](=O)[O-])cc1N)C(C)C1CC1. The fourth-order valence-electron chi connectivity index (χ4n) is 2.48. The van der Waals surface area contributed by atoms with Crippen molar-refractivity contribution in [1.82, 2.24) is 0 Å². The fourth-order valence-corrected chi connectivity index (χ4v) is 2.48. The van der Waals surface area contributed by atoms with E-state index in [1.54, 1.807) is 13.2 Å². The summed E-state index contributed by atoms with van der Waals surface area (Å²) in [6.45, 7) is 3.51. The van der Waals surface area contributed by atoms with Crippen LogP contribution in [0, 0.1) is 16.0 Å². The molecule has 0 aromatic heterocycles. The second-order valence-corrected chi connectivity index (χ2v) is 5.26. The lowest BCUT2D eigenvalue weighted by Gasteiger charge is -2.32. The number of rotatable bonds is 7. The summed E-state index contributed by atoms with van der Waals surface area (Å²) in [6.07, 6.45) is 2.47. The van der Waals surface area contributed by atoms with Gasteiger partial charge in [0.2, 0.25) is 0 Å². The minimum Gasteiger partial charge on any atom is -0.397 e. The van der Waals surface area contributed by atoms with Crippen LogP contribution in [0.15, 0.2) is 18.2 Å². The lowest BCUT2D eigenvalue weighted by atomic mass is 10.1. The van der Waals surface area contributed by atoms with Gasteiger partial charge in [0.15, 0.2) is 0 Å². The van der Waals surface area contributed by atoms with Crippen LogP contribution in [0.25, 0.3) is 0 Å². The molecule has 1 fully saturated rings. The van der Waals surface area contributed by atoms with Crippen molar-refractivity contribution in [3.8, 4) is 0 Å². The van der Waals surface area contributed by atoms with Gasteiger partial charge in [0, 0.05) is 31.8 Å². The molecule has 0 spiro atoms. The molecule has 1 aromatic carbocycles. The van der Waals surface area contributed by atoms with Gasteiger partial charge < -0.3 is 15.4 Å². The maximum atomic E-state index is 10.8. The molecule has 1 aliphatic carbocycles. The molecule has 110 valence electrons. The molecule has 6 nitrogen and oxygen atoms in total. The maximum Gasteiger partial charge on any atom is 0.271 e. The number of anilines is 2. The first-order valence-electron chi connectivity index (χ1n) is 6.84. The zero-order chi connectivity index (χ0) is 14.7. The van der Waals surface area contributed by atoms with Gasteiger partial charge in [-0.15, -0.1) is 0 Å². The highest BCUT2D eigenvalue weighted by molar-refractivity contribution is 5.71. The number of nitrogen functional groups attached to an aromatic ring is 1. The molecule has 0 aliphatic heterocycles. The molecule has 0 bridgehead atoms. The summed E-state index contributed by atoms with van der Waals surface area (Å²) < 4.78 is 5.16. The molecule has 1 saturated carbocycles. The highest BCUT2D eigenvalue weighted by atomic mass is 16.6. The summed E-state index contributed by atoms with van der Waals surface area (Å²) >= 11 is 0. The Bertz CT molecular complexity index is 489. The van der Waals surface area contributed by atoms with Crippen LogP contribution < -0.4 is 10.6 Å². The molecule has 0 heterocycles. The Balaban J connectivity index is 2.25. The third-order valence-corrected chi connectivity index (χ3v) is 3.86. The second-order valence-electron chi connectivity index (χ2n) is 5.26. The van der Waals surface area contributed by atoms with Crippen molar-refractivity contribution in [2.24, 2.45) is 5.92 Å². The van der Waals surface area contributed by atoms with Gasteiger partial charge in [0.25, 0.3) is 5.69 Å². The summed E-state index contributed by atoms with van der Waals surface area (Å²) in [5.41, 5.74) is 7.33. The third kappa shape index (κ3) is 3.19. The molecular formula is C14H21N3O3. The fraction of sp³-hybridized carbons (Fsp3) is 0.571. The van der Waals surface area contributed by atoms with Crippen molar-refractivity contribution >= 4 is 17.1 Å². The quantitative estimate of drug-likeness (QED) is 0.471. The van der Waals surface area contributed by atoms with Crippen molar-refractivity contribution in [1.29, 1.82) is 0 Å². The van der Waals surface area contributed by atoms with E-state index in [9.17, 15) is 10.1 Å². The number of methoxy groups -OCH3 is 1. The zero-order valence-corrected chi connectivity index (χ0v) is 11.9. The van der Waals surface area contributed by atoms with E-state index in [0.717, 1.165) is 12.2 Å². The Morgan fingerprint density at radius 2 is 2.25 bits per heavy atom. The number of nitrogens with zero attached hydrogens (tertiary/aromatic N) is 2. The van der Waals surface area contributed by atoms with Crippen LogP contribution in [-0.2, 0) is 4.74 Å². The number of ether oxygens (including phenoxy) is 1. The van der Waals surface area contributed by atoms with Crippen molar-refractivity contribution in [2.75, 3.05) is 30.9 Å². The summed E-state index contributed by atoms with van der Waals surface area (Å²) in [5.74, 6) is 0.682. The van der Waals surface area contributed by atoms with E-state index in [1.807, 2.05) is 0 Å². The van der Waals surface area contributed by atoms with Crippen molar-refractivity contribution in [2.45, 2.75) is 25.8 Å². The Morgan fingerprint density at radius 3 is 2.75 bits per heavy atom. The molecule has 2 N–H and O–H groups in total. The Labute approximate surface area is 118 Å². The maximum absolute atomic E-state index is 10.8. The van der Waals surface area contributed by atoms with Crippen LogP contribution in [-0.4, -0.2) is 31.2 Å². The van der Waals surface area contributed by atoms with E-state index in [-0.39, 0.29) is 5.69 Å². The first-order valence-corrected chi connectivity index (χ1v) is 6.84. The highest BCUT2D eigenvalue weighted by Crippen LogP contribution is 2.38. The molecule has 6 heteroatoms. The number of hydrogen-bond donors (Lipinski definition) is 1. The number of non-ortho nitro benzene ring substituents is 1. The minimum atomic E-state index is -0.427. The van der Waals surface area contributed by atoms with E-state index in [4.69, 9.17) is 10.5 Å². The van der Waals surface area contributed by atoms with E-state index in [2.05, 4.69) is 11.8 Å². The molecule has 1 atom stereocenters. The van der Waals surface area contributed by atoms with Gasteiger partial charge >= 0.3 is 0 Å². The average molecular weight is 279 g/mol. The Hall–Kier alpha value is -1.82. The summed E-state index contributed by atoms with van der Waals surface area (Å²) in [6, 6.07) is 5.04. The van der Waals surface area contributed by atoms with Crippen molar-refractivity contribution in [3.63, 3.8) is 0 Å². The number of hydrogen-bond acceptors (Lipinski definition) is 5.